The molecule has 0 N–H and O–H groups in total. The minimum atomic E-state index is 0.0167. The van der Waals surface area contributed by atoms with Crippen molar-refractivity contribution in [1.29, 1.82) is 0 Å². The lowest BCUT2D eigenvalue weighted by Crippen LogP contribution is -2.40. The van der Waals surface area contributed by atoms with Gasteiger partial charge in [-0.3, -0.25) is 9.78 Å². The van der Waals surface area contributed by atoms with Gasteiger partial charge in [-0.2, -0.15) is 0 Å². The Morgan fingerprint density at radius 2 is 2.27 bits per heavy atom. The third-order valence-electron chi connectivity index (χ3n) is 3.66. The Bertz CT molecular complexity index is 482. The third kappa shape index (κ3) is 5.58. The van der Waals surface area contributed by atoms with E-state index in [9.17, 15) is 4.79 Å². The number of likely N-dealkylation sites (N-methyl/N-ethyl adjacent to an activating group) is 1. The monoisotopic (exact) mass is 303 g/mol. The molecule has 0 radical (unpaired) electrons. The molecule has 1 aliphatic rings. The molecule has 2 rings (SSSR count). The molecule has 22 heavy (non-hydrogen) atoms. The van der Waals surface area contributed by atoms with Gasteiger partial charge < -0.3 is 14.5 Å². The predicted molar refractivity (Wildman–Crippen MR) is 87.4 cm³/mol. The molecule has 1 fully saturated rings. The van der Waals surface area contributed by atoms with Crippen molar-refractivity contribution in [2.45, 2.75) is 18.9 Å². The van der Waals surface area contributed by atoms with E-state index in [0.717, 1.165) is 31.7 Å². The van der Waals surface area contributed by atoms with Crippen molar-refractivity contribution in [2.24, 2.45) is 0 Å². The molecular weight excluding hydrogens is 278 g/mol. The summed E-state index contributed by atoms with van der Waals surface area (Å²) in [4.78, 5) is 20.6. The van der Waals surface area contributed by atoms with Crippen molar-refractivity contribution in [2.75, 3.05) is 40.3 Å². The molecule has 5 heteroatoms. The number of ether oxygens (including phenoxy) is 1. The number of pyridine rings is 1. The van der Waals surface area contributed by atoms with E-state index in [1.807, 2.05) is 37.2 Å². The number of carbonyl (C=O) groups excluding carboxylic acids is 1. The molecule has 5 nitrogen and oxygen atoms in total. The van der Waals surface area contributed by atoms with Crippen LogP contribution in [0.2, 0.25) is 0 Å². The van der Waals surface area contributed by atoms with Gasteiger partial charge in [0.1, 0.15) is 0 Å². The highest BCUT2D eigenvalue weighted by atomic mass is 16.5. The van der Waals surface area contributed by atoms with E-state index in [1.165, 1.54) is 0 Å². The Balaban J connectivity index is 1.95. The lowest BCUT2D eigenvalue weighted by Gasteiger charge is -2.25. The minimum absolute atomic E-state index is 0.0167. The fourth-order valence-electron chi connectivity index (χ4n) is 2.38. The lowest BCUT2D eigenvalue weighted by molar-refractivity contribution is -0.127. The molecule has 1 aliphatic heterocycles. The largest absolute Gasteiger partial charge is 0.376 e. The summed E-state index contributed by atoms with van der Waals surface area (Å²) in [6, 6.07) is 5.65. The maximum absolute atomic E-state index is 12.5. The van der Waals surface area contributed by atoms with Crippen LogP contribution >= 0.6 is 0 Å². The SMILES string of the molecule is CN(C)CCN(CC1CCCO1)C(=O)C=Cc1ccccn1. The number of hydrogen-bond acceptors (Lipinski definition) is 4. The van der Waals surface area contributed by atoms with Crippen LogP contribution < -0.4 is 0 Å². The maximum Gasteiger partial charge on any atom is 0.246 e. The summed E-state index contributed by atoms with van der Waals surface area (Å²) >= 11 is 0. The van der Waals surface area contributed by atoms with Crippen molar-refractivity contribution in [3.8, 4) is 0 Å². The van der Waals surface area contributed by atoms with Gasteiger partial charge in [-0.15, -0.1) is 0 Å². The highest BCUT2D eigenvalue weighted by molar-refractivity contribution is 5.91. The van der Waals surface area contributed by atoms with E-state index in [4.69, 9.17) is 4.74 Å². The molecule has 1 aromatic rings. The first-order valence-electron chi connectivity index (χ1n) is 7.79. The van der Waals surface area contributed by atoms with Crippen LogP contribution in [0.25, 0.3) is 6.08 Å². The fraction of sp³-hybridized carbons (Fsp3) is 0.529. The second-order valence-corrected chi connectivity index (χ2v) is 5.81. The highest BCUT2D eigenvalue weighted by Gasteiger charge is 2.21. The number of nitrogens with zero attached hydrogens (tertiary/aromatic N) is 3. The van der Waals surface area contributed by atoms with Gasteiger partial charge >= 0.3 is 0 Å². The molecule has 0 bridgehead atoms. The Morgan fingerprint density at radius 1 is 1.41 bits per heavy atom. The van der Waals surface area contributed by atoms with Crippen LogP contribution in [0.5, 0.6) is 0 Å². The Kier molecular flexibility index (Phi) is 6.55. The number of amides is 1. The Morgan fingerprint density at radius 3 is 2.91 bits per heavy atom. The van der Waals surface area contributed by atoms with Gasteiger partial charge in [-0.05, 0) is 45.1 Å². The average Bonchev–Trinajstić information content (AvgIpc) is 3.03. The van der Waals surface area contributed by atoms with Gasteiger partial charge in [0, 0.05) is 38.5 Å². The summed E-state index contributed by atoms with van der Waals surface area (Å²) in [7, 11) is 4.02. The van der Waals surface area contributed by atoms with E-state index in [-0.39, 0.29) is 12.0 Å². The van der Waals surface area contributed by atoms with Crippen LogP contribution in [0, 0.1) is 0 Å². The van der Waals surface area contributed by atoms with Crippen molar-refractivity contribution in [1.82, 2.24) is 14.8 Å². The van der Waals surface area contributed by atoms with Gasteiger partial charge in [0.2, 0.25) is 5.91 Å². The van der Waals surface area contributed by atoms with Crippen molar-refractivity contribution < 1.29 is 9.53 Å². The average molecular weight is 303 g/mol. The fourth-order valence-corrected chi connectivity index (χ4v) is 2.38. The highest BCUT2D eigenvalue weighted by Crippen LogP contribution is 2.13. The van der Waals surface area contributed by atoms with Crippen LogP contribution in [0.3, 0.4) is 0 Å². The van der Waals surface area contributed by atoms with E-state index in [0.29, 0.717) is 13.1 Å². The van der Waals surface area contributed by atoms with E-state index in [2.05, 4.69) is 9.88 Å². The molecule has 0 aromatic carbocycles. The number of hydrogen-bond donors (Lipinski definition) is 0. The van der Waals surface area contributed by atoms with E-state index in [1.54, 1.807) is 18.3 Å². The maximum atomic E-state index is 12.5. The van der Waals surface area contributed by atoms with Crippen molar-refractivity contribution in [3.63, 3.8) is 0 Å². The molecule has 1 unspecified atom stereocenters. The first-order chi connectivity index (χ1) is 10.6. The van der Waals surface area contributed by atoms with Crippen LogP contribution in [-0.4, -0.2) is 67.1 Å². The molecule has 120 valence electrons. The summed E-state index contributed by atoms with van der Waals surface area (Å²) in [6.07, 6.45) is 7.39. The van der Waals surface area contributed by atoms with Gasteiger partial charge in [0.15, 0.2) is 0 Å². The summed E-state index contributed by atoms with van der Waals surface area (Å²) in [5.74, 6) is 0.0167. The second kappa shape index (κ2) is 8.66. The smallest absolute Gasteiger partial charge is 0.246 e. The normalized spacial score (nSPS) is 18.2. The molecular formula is C17H25N3O2. The summed E-state index contributed by atoms with van der Waals surface area (Å²) < 4.78 is 5.66. The Hall–Kier alpha value is -1.72. The number of aromatic nitrogens is 1. The molecule has 0 saturated carbocycles. The molecule has 2 heterocycles. The zero-order valence-corrected chi connectivity index (χ0v) is 13.4. The van der Waals surface area contributed by atoms with Crippen molar-refractivity contribution >= 4 is 12.0 Å². The first kappa shape index (κ1) is 16.6. The predicted octanol–water partition coefficient (Wildman–Crippen LogP) is 1.66. The van der Waals surface area contributed by atoms with Crippen LogP contribution in [0.4, 0.5) is 0 Å². The number of carbonyl (C=O) groups is 1. The molecule has 1 amide bonds. The second-order valence-electron chi connectivity index (χ2n) is 5.81. The van der Waals surface area contributed by atoms with E-state index < -0.39 is 0 Å². The summed E-state index contributed by atoms with van der Waals surface area (Å²) in [6.45, 7) is 3.03. The number of rotatable bonds is 7. The van der Waals surface area contributed by atoms with Gasteiger partial charge in [-0.1, -0.05) is 6.07 Å². The molecule has 1 atom stereocenters. The molecule has 0 spiro atoms. The van der Waals surface area contributed by atoms with Gasteiger partial charge in [0.05, 0.1) is 11.8 Å². The zero-order chi connectivity index (χ0) is 15.8. The summed E-state index contributed by atoms with van der Waals surface area (Å²) in [5.41, 5.74) is 0.792. The van der Waals surface area contributed by atoms with Crippen LogP contribution in [0.15, 0.2) is 30.5 Å². The topological polar surface area (TPSA) is 45.7 Å². The third-order valence-corrected chi connectivity index (χ3v) is 3.66. The van der Waals surface area contributed by atoms with Crippen molar-refractivity contribution in [3.05, 3.63) is 36.2 Å². The zero-order valence-electron chi connectivity index (χ0n) is 13.4. The van der Waals surface area contributed by atoms with Gasteiger partial charge in [-0.25, -0.2) is 0 Å². The van der Waals surface area contributed by atoms with Crippen LogP contribution in [0.1, 0.15) is 18.5 Å². The lowest BCUT2D eigenvalue weighted by atomic mass is 10.2. The van der Waals surface area contributed by atoms with Gasteiger partial charge in [0.25, 0.3) is 0 Å². The molecule has 1 saturated heterocycles. The van der Waals surface area contributed by atoms with E-state index >= 15 is 0 Å². The minimum Gasteiger partial charge on any atom is -0.376 e. The first-order valence-corrected chi connectivity index (χ1v) is 7.79. The summed E-state index contributed by atoms with van der Waals surface area (Å²) in [5, 5.41) is 0. The standard InChI is InChI=1S/C17H25N3O2/c1-19(2)11-12-20(14-16-7-5-13-22-16)17(21)9-8-15-6-3-4-10-18-15/h3-4,6,8-10,16H,5,7,11-14H2,1-2H3. The quantitative estimate of drug-likeness (QED) is 0.719. The molecule has 0 aliphatic carbocycles. The molecule has 1 aromatic heterocycles. The van der Waals surface area contributed by atoms with Crippen LogP contribution in [-0.2, 0) is 9.53 Å². The Labute approximate surface area is 132 Å².